The van der Waals surface area contributed by atoms with E-state index in [9.17, 15) is 13.7 Å². The van der Waals surface area contributed by atoms with Crippen molar-refractivity contribution >= 4 is 26.4 Å². The first kappa shape index (κ1) is 15.0. The lowest BCUT2D eigenvalue weighted by Gasteiger charge is -2.08. The molecule has 0 atom stereocenters. The summed E-state index contributed by atoms with van der Waals surface area (Å²) >= 11 is 1.28. The largest absolute Gasteiger partial charge is 0.372 e. The number of ether oxygens (including phenoxy) is 1. The Kier molecular flexibility index (Phi) is 3.68. The van der Waals surface area contributed by atoms with Gasteiger partial charge in [0.25, 0.3) is 10.0 Å². The van der Waals surface area contributed by atoms with Gasteiger partial charge in [-0.25, -0.2) is 8.42 Å². The van der Waals surface area contributed by atoms with E-state index in [1.54, 1.807) is 18.2 Å². The molecule has 7 heteroatoms. The molecule has 114 valence electrons. The number of fused-ring (bicyclic) bond motifs is 1. The van der Waals surface area contributed by atoms with Gasteiger partial charge < -0.3 is 4.74 Å². The predicted octanol–water partition coefficient (Wildman–Crippen LogP) is 3.07. The Morgan fingerprint density at radius 1 is 1.27 bits per heavy atom. The molecule has 0 radical (unpaired) electrons. The Morgan fingerprint density at radius 2 is 2.00 bits per heavy atom. The average Bonchev–Trinajstić information content (AvgIpc) is 3.03. The van der Waals surface area contributed by atoms with Crippen LogP contribution in [0.2, 0.25) is 0 Å². The molecule has 0 unspecified atom stereocenters. The van der Waals surface area contributed by atoms with Crippen LogP contribution in [0, 0.1) is 25.2 Å². The van der Waals surface area contributed by atoms with Crippen molar-refractivity contribution in [3.63, 3.8) is 0 Å². The van der Waals surface area contributed by atoms with Crippen molar-refractivity contribution < 1.29 is 13.2 Å². The number of aryl methyl sites for hydroxylation is 1. The minimum atomic E-state index is -3.72. The van der Waals surface area contributed by atoms with Gasteiger partial charge in [-0.3, -0.25) is 4.72 Å². The van der Waals surface area contributed by atoms with Gasteiger partial charge in [-0.15, -0.1) is 11.3 Å². The highest BCUT2D eigenvalue weighted by Crippen LogP contribution is 2.33. The average molecular weight is 334 g/mol. The van der Waals surface area contributed by atoms with E-state index in [-0.39, 0.29) is 4.90 Å². The SMILES string of the molecule is Cc1sc(NS(=O)(=O)c2ccc3c(c2)COC3)c(C#N)c1C. The highest BCUT2D eigenvalue weighted by Gasteiger charge is 2.22. The molecule has 2 aromatic rings. The summed E-state index contributed by atoms with van der Waals surface area (Å²) in [7, 11) is -3.72. The van der Waals surface area contributed by atoms with Crippen LogP contribution in [0.4, 0.5) is 5.00 Å². The second kappa shape index (κ2) is 5.39. The normalized spacial score (nSPS) is 13.7. The highest BCUT2D eigenvalue weighted by atomic mass is 32.2. The summed E-state index contributed by atoms with van der Waals surface area (Å²) in [5.74, 6) is 0. The number of thiophene rings is 1. The Morgan fingerprint density at radius 3 is 2.73 bits per heavy atom. The van der Waals surface area contributed by atoms with Crippen molar-refractivity contribution in [3.8, 4) is 6.07 Å². The van der Waals surface area contributed by atoms with E-state index in [4.69, 9.17) is 4.74 Å². The molecule has 1 aliphatic heterocycles. The molecular weight excluding hydrogens is 320 g/mol. The van der Waals surface area contributed by atoms with Gasteiger partial charge in [0, 0.05) is 4.88 Å². The lowest BCUT2D eigenvalue weighted by Crippen LogP contribution is -2.13. The Labute approximate surface area is 133 Å². The van der Waals surface area contributed by atoms with Crippen molar-refractivity contribution in [2.75, 3.05) is 4.72 Å². The van der Waals surface area contributed by atoms with E-state index >= 15 is 0 Å². The zero-order chi connectivity index (χ0) is 15.9. The number of hydrogen-bond acceptors (Lipinski definition) is 5. The molecule has 0 bridgehead atoms. The zero-order valence-corrected chi connectivity index (χ0v) is 13.8. The van der Waals surface area contributed by atoms with E-state index in [1.165, 1.54) is 11.3 Å². The first-order chi connectivity index (χ1) is 10.4. The number of nitrogens with zero attached hydrogens (tertiary/aromatic N) is 1. The summed E-state index contributed by atoms with van der Waals surface area (Å²) in [6.07, 6.45) is 0. The summed E-state index contributed by atoms with van der Waals surface area (Å²) in [6, 6.07) is 7.03. The van der Waals surface area contributed by atoms with Gasteiger partial charge >= 0.3 is 0 Å². The van der Waals surface area contributed by atoms with Gasteiger partial charge in [0.05, 0.1) is 23.7 Å². The van der Waals surface area contributed by atoms with E-state index in [1.807, 2.05) is 13.8 Å². The maximum Gasteiger partial charge on any atom is 0.262 e. The second-order valence-electron chi connectivity index (χ2n) is 5.13. The molecule has 0 spiro atoms. The monoisotopic (exact) mass is 334 g/mol. The number of nitrogens with one attached hydrogen (secondary N) is 1. The van der Waals surface area contributed by atoms with Gasteiger partial charge in [0.1, 0.15) is 11.1 Å². The van der Waals surface area contributed by atoms with Crippen LogP contribution in [-0.2, 0) is 28.0 Å². The van der Waals surface area contributed by atoms with Gasteiger partial charge in [0.15, 0.2) is 0 Å². The van der Waals surface area contributed by atoms with Crippen LogP contribution in [0.25, 0.3) is 0 Å². The molecule has 0 fully saturated rings. The molecule has 0 amide bonds. The topological polar surface area (TPSA) is 79.2 Å². The van der Waals surface area contributed by atoms with Crippen LogP contribution in [0.15, 0.2) is 23.1 Å². The standard InChI is InChI=1S/C15H14N2O3S2/c1-9-10(2)21-15(14(9)6-16)17-22(18,19)13-4-3-11-7-20-8-12(11)5-13/h3-5,17H,7-8H2,1-2H3. The summed E-state index contributed by atoms with van der Waals surface area (Å²) < 4.78 is 32.9. The summed E-state index contributed by atoms with van der Waals surface area (Å²) in [5.41, 5.74) is 3.10. The molecular formula is C15H14N2O3S2. The molecule has 0 saturated carbocycles. The third-order valence-electron chi connectivity index (χ3n) is 3.73. The smallest absolute Gasteiger partial charge is 0.262 e. The van der Waals surface area contributed by atoms with Crippen LogP contribution in [0.3, 0.4) is 0 Å². The predicted molar refractivity (Wildman–Crippen MR) is 84.3 cm³/mol. The van der Waals surface area contributed by atoms with Crippen molar-refractivity contribution in [2.24, 2.45) is 0 Å². The molecule has 1 N–H and O–H groups in total. The van der Waals surface area contributed by atoms with Crippen LogP contribution < -0.4 is 4.72 Å². The van der Waals surface area contributed by atoms with Crippen LogP contribution >= 0.6 is 11.3 Å². The fourth-order valence-corrected chi connectivity index (χ4v) is 4.70. The maximum absolute atomic E-state index is 12.5. The van der Waals surface area contributed by atoms with Crippen molar-refractivity contribution in [3.05, 3.63) is 45.3 Å². The minimum Gasteiger partial charge on any atom is -0.372 e. The molecule has 1 aromatic heterocycles. The molecule has 0 aliphatic carbocycles. The van der Waals surface area contributed by atoms with Crippen LogP contribution in [-0.4, -0.2) is 8.42 Å². The first-order valence-corrected chi connectivity index (χ1v) is 8.95. The maximum atomic E-state index is 12.5. The third-order valence-corrected chi connectivity index (χ3v) is 6.33. The van der Waals surface area contributed by atoms with Gasteiger partial charge in [0.2, 0.25) is 0 Å². The number of anilines is 1. The van der Waals surface area contributed by atoms with Crippen molar-refractivity contribution in [1.82, 2.24) is 0 Å². The summed E-state index contributed by atoms with van der Waals surface area (Å²) in [4.78, 5) is 1.11. The van der Waals surface area contributed by atoms with Crippen molar-refractivity contribution in [2.45, 2.75) is 32.0 Å². The third kappa shape index (κ3) is 2.50. The second-order valence-corrected chi connectivity index (χ2v) is 8.04. The quantitative estimate of drug-likeness (QED) is 0.935. The number of nitriles is 1. The molecule has 1 aliphatic rings. The van der Waals surface area contributed by atoms with Crippen LogP contribution in [0.5, 0.6) is 0 Å². The number of hydrogen-bond donors (Lipinski definition) is 1. The lowest BCUT2D eigenvalue weighted by molar-refractivity contribution is 0.134. The lowest BCUT2D eigenvalue weighted by atomic mass is 10.1. The van der Waals surface area contributed by atoms with Crippen molar-refractivity contribution in [1.29, 1.82) is 5.26 Å². The summed E-state index contributed by atoms with van der Waals surface area (Å²) in [5, 5.41) is 9.58. The van der Waals surface area contributed by atoms with E-state index in [2.05, 4.69) is 10.8 Å². The fraction of sp³-hybridized carbons (Fsp3) is 0.267. The molecule has 3 rings (SSSR count). The molecule has 1 aromatic carbocycles. The molecule has 5 nitrogen and oxygen atoms in total. The molecule has 22 heavy (non-hydrogen) atoms. The summed E-state index contributed by atoms with van der Waals surface area (Å²) in [6.45, 7) is 4.63. The van der Waals surface area contributed by atoms with Gasteiger partial charge in [-0.2, -0.15) is 5.26 Å². The van der Waals surface area contributed by atoms with Gasteiger partial charge in [-0.05, 0) is 42.7 Å². The first-order valence-electron chi connectivity index (χ1n) is 6.65. The Hall–Kier alpha value is -1.88. The van der Waals surface area contributed by atoms with E-state index in [0.717, 1.165) is 21.6 Å². The number of rotatable bonds is 3. The zero-order valence-electron chi connectivity index (χ0n) is 12.1. The number of benzene rings is 1. The molecule has 0 saturated heterocycles. The highest BCUT2D eigenvalue weighted by molar-refractivity contribution is 7.93. The molecule has 2 heterocycles. The van der Waals surface area contributed by atoms with E-state index in [0.29, 0.717) is 23.8 Å². The van der Waals surface area contributed by atoms with Gasteiger partial charge in [-0.1, -0.05) is 6.07 Å². The van der Waals surface area contributed by atoms with Crippen LogP contribution in [0.1, 0.15) is 27.1 Å². The Bertz CT molecular complexity index is 892. The Balaban J connectivity index is 1.98. The fourth-order valence-electron chi connectivity index (χ4n) is 2.33. The van der Waals surface area contributed by atoms with E-state index < -0.39 is 10.0 Å². The minimum absolute atomic E-state index is 0.185. The number of sulfonamides is 1.